The van der Waals surface area contributed by atoms with E-state index < -0.39 is 0 Å². The fraction of sp³-hybridized carbons (Fsp3) is 0.778. The molecule has 0 amide bonds. The van der Waals surface area contributed by atoms with Gasteiger partial charge < -0.3 is 0 Å². The third-order valence-corrected chi connectivity index (χ3v) is 3.33. The van der Waals surface area contributed by atoms with Crippen LogP contribution in [0.3, 0.4) is 0 Å². The van der Waals surface area contributed by atoms with Gasteiger partial charge in [-0.05, 0) is 37.3 Å². The molecule has 0 heteroatoms. The number of allylic oxidation sites excluding steroid dienone is 4. The van der Waals surface area contributed by atoms with Crippen LogP contribution in [0.5, 0.6) is 0 Å². The van der Waals surface area contributed by atoms with Crippen molar-refractivity contribution in [2.45, 2.75) is 91.4 Å². The lowest BCUT2D eigenvalue weighted by Crippen LogP contribution is -1.80. The van der Waals surface area contributed by atoms with Crippen LogP contribution >= 0.6 is 0 Å². The number of rotatable bonds is 12. The molecule has 0 saturated carbocycles. The molecule has 0 spiro atoms. The molecule has 0 aliphatic rings. The number of hydrogen-bond donors (Lipinski definition) is 0. The highest BCUT2D eigenvalue weighted by molar-refractivity contribution is 5.14. The highest BCUT2D eigenvalue weighted by atomic mass is 14.0. The molecular formula is C18H33. The van der Waals surface area contributed by atoms with Crippen LogP contribution in [0, 0.1) is 6.08 Å². The minimum absolute atomic E-state index is 1.03. The van der Waals surface area contributed by atoms with Crippen molar-refractivity contribution in [2.75, 3.05) is 0 Å². The van der Waals surface area contributed by atoms with Gasteiger partial charge in [-0.15, -0.1) is 0 Å². The molecule has 0 unspecified atom stereocenters. The normalized spacial score (nSPS) is 12.5. The van der Waals surface area contributed by atoms with Crippen molar-refractivity contribution in [1.29, 1.82) is 0 Å². The number of unbranched alkanes of at least 4 members (excludes halogenated alkanes) is 8. The molecule has 18 heavy (non-hydrogen) atoms. The molecule has 0 aromatic carbocycles. The predicted octanol–water partition coefficient (Wildman–Crippen LogP) is 6.62. The Labute approximate surface area is 116 Å². The molecule has 0 bridgehead atoms. The lowest BCUT2D eigenvalue weighted by Gasteiger charge is -2.00. The lowest BCUT2D eigenvalue weighted by molar-refractivity contribution is 0.577. The first-order chi connectivity index (χ1) is 8.85. The van der Waals surface area contributed by atoms with E-state index in [9.17, 15) is 0 Å². The molecular weight excluding hydrogens is 216 g/mol. The second-order valence-electron chi connectivity index (χ2n) is 5.08. The van der Waals surface area contributed by atoms with E-state index in [0.717, 1.165) is 12.8 Å². The van der Waals surface area contributed by atoms with Gasteiger partial charge in [-0.3, -0.25) is 0 Å². The molecule has 0 atom stereocenters. The Hall–Kier alpha value is -0.520. The van der Waals surface area contributed by atoms with E-state index in [1.54, 1.807) is 0 Å². The molecule has 0 aliphatic carbocycles. The van der Waals surface area contributed by atoms with E-state index in [-0.39, 0.29) is 0 Å². The zero-order valence-electron chi connectivity index (χ0n) is 12.9. The smallest absolute Gasteiger partial charge is 0.0302 e. The minimum atomic E-state index is 1.03. The van der Waals surface area contributed by atoms with Crippen LogP contribution < -0.4 is 0 Å². The molecule has 0 fully saturated rings. The zero-order chi connectivity index (χ0) is 13.5. The highest BCUT2D eigenvalue weighted by Gasteiger charge is 1.91. The van der Waals surface area contributed by atoms with Gasteiger partial charge in [-0.25, -0.2) is 0 Å². The van der Waals surface area contributed by atoms with Crippen LogP contribution in [-0.2, 0) is 0 Å². The Kier molecular flexibility index (Phi) is 14.1. The largest absolute Gasteiger partial charge is 0.0843 e. The van der Waals surface area contributed by atoms with Crippen molar-refractivity contribution in [3.63, 3.8) is 0 Å². The minimum Gasteiger partial charge on any atom is -0.0843 e. The van der Waals surface area contributed by atoms with Crippen molar-refractivity contribution in [2.24, 2.45) is 0 Å². The summed E-state index contributed by atoms with van der Waals surface area (Å²) in [5.74, 6) is 0. The van der Waals surface area contributed by atoms with Crippen LogP contribution in [0.2, 0.25) is 0 Å². The van der Waals surface area contributed by atoms with Crippen LogP contribution in [0.25, 0.3) is 0 Å². The van der Waals surface area contributed by atoms with Crippen molar-refractivity contribution < 1.29 is 0 Å². The SMILES string of the molecule is CC/[C]=C(/C=CCCCCCCCCCC)CC. The molecule has 0 N–H and O–H groups in total. The molecule has 1 radical (unpaired) electrons. The summed E-state index contributed by atoms with van der Waals surface area (Å²) in [6.45, 7) is 6.64. The van der Waals surface area contributed by atoms with Gasteiger partial charge in [0.15, 0.2) is 0 Å². The van der Waals surface area contributed by atoms with Gasteiger partial charge >= 0.3 is 0 Å². The molecule has 0 heterocycles. The fourth-order valence-electron chi connectivity index (χ4n) is 2.15. The van der Waals surface area contributed by atoms with E-state index >= 15 is 0 Å². The molecule has 0 aromatic heterocycles. The van der Waals surface area contributed by atoms with Crippen molar-refractivity contribution in [1.82, 2.24) is 0 Å². The first-order valence-corrected chi connectivity index (χ1v) is 8.11. The van der Waals surface area contributed by atoms with Gasteiger partial charge in [0.1, 0.15) is 0 Å². The first-order valence-electron chi connectivity index (χ1n) is 8.11. The van der Waals surface area contributed by atoms with E-state index in [1.165, 1.54) is 63.4 Å². The topological polar surface area (TPSA) is 0 Å². The molecule has 0 aliphatic heterocycles. The maximum atomic E-state index is 3.39. The predicted molar refractivity (Wildman–Crippen MR) is 83.7 cm³/mol. The molecule has 0 saturated heterocycles. The van der Waals surface area contributed by atoms with Crippen LogP contribution in [0.4, 0.5) is 0 Å². The summed E-state index contributed by atoms with van der Waals surface area (Å²) >= 11 is 0. The summed E-state index contributed by atoms with van der Waals surface area (Å²) in [6.07, 6.45) is 22.7. The summed E-state index contributed by atoms with van der Waals surface area (Å²) in [6, 6.07) is 0. The first kappa shape index (κ1) is 17.5. The molecule has 0 aromatic rings. The summed E-state index contributed by atoms with van der Waals surface area (Å²) in [5, 5.41) is 0. The van der Waals surface area contributed by atoms with Crippen LogP contribution in [0.15, 0.2) is 17.7 Å². The highest BCUT2D eigenvalue weighted by Crippen LogP contribution is 2.10. The van der Waals surface area contributed by atoms with E-state index in [0.29, 0.717) is 0 Å². The van der Waals surface area contributed by atoms with Crippen molar-refractivity contribution in [3.8, 4) is 0 Å². The zero-order valence-corrected chi connectivity index (χ0v) is 12.9. The van der Waals surface area contributed by atoms with Gasteiger partial charge in [-0.2, -0.15) is 0 Å². The summed E-state index contributed by atoms with van der Waals surface area (Å²) < 4.78 is 0. The maximum Gasteiger partial charge on any atom is -0.0302 e. The molecule has 0 nitrogen and oxygen atoms in total. The average Bonchev–Trinajstić information content (AvgIpc) is 2.39. The van der Waals surface area contributed by atoms with Gasteiger partial charge in [0.05, 0.1) is 0 Å². The Morgan fingerprint density at radius 2 is 1.44 bits per heavy atom. The third kappa shape index (κ3) is 12.0. The standard InChI is InChI=1S/C18H33/c1-4-7-8-9-10-11-12-13-14-15-17-18(6-3)16-5-2/h15,17H,4-14H2,1-3H3. The number of hydrogen-bond acceptors (Lipinski definition) is 0. The maximum absolute atomic E-state index is 3.39. The van der Waals surface area contributed by atoms with Crippen molar-refractivity contribution in [3.05, 3.63) is 23.8 Å². The third-order valence-electron chi connectivity index (χ3n) is 3.33. The second-order valence-corrected chi connectivity index (χ2v) is 5.08. The van der Waals surface area contributed by atoms with Gasteiger partial charge in [-0.1, -0.05) is 77.9 Å². The van der Waals surface area contributed by atoms with Crippen LogP contribution in [0.1, 0.15) is 91.4 Å². The lowest BCUT2D eigenvalue weighted by atomic mass is 10.1. The fourth-order valence-corrected chi connectivity index (χ4v) is 2.15. The van der Waals surface area contributed by atoms with E-state index in [4.69, 9.17) is 0 Å². The van der Waals surface area contributed by atoms with Gasteiger partial charge in [0.25, 0.3) is 0 Å². The van der Waals surface area contributed by atoms with Crippen molar-refractivity contribution >= 4 is 0 Å². The summed E-state index contributed by atoms with van der Waals surface area (Å²) in [7, 11) is 0. The quantitative estimate of drug-likeness (QED) is 0.269. The summed E-state index contributed by atoms with van der Waals surface area (Å²) in [5.41, 5.74) is 1.37. The van der Waals surface area contributed by atoms with Gasteiger partial charge in [0, 0.05) is 0 Å². The van der Waals surface area contributed by atoms with Gasteiger partial charge in [0.2, 0.25) is 0 Å². The van der Waals surface area contributed by atoms with E-state index in [2.05, 4.69) is 39.0 Å². The van der Waals surface area contributed by atoms with E-state index in [1.807, 2.05) is 0 Å². The Balaban J connectivity index is 3.34. The monoisotopic (exact) mass is 249 g/mol. The Morgan fingerprint density at radius 3 is 2.00 bits per heavy atom. The Bertz CT molecular complexity index is 210. The molecule has 105 valence electrons. The molecule has 0 rings (SSSR count). The average molecular weight is 249 g/mol. The second kappa shape index (κ2) is 14.5. The van der Waals surface area contributed by atoms with Crippen LogP contribution in [-0.4, -0.2) is 0 Å². The Morgan fingerprint density at radius 1 is 0.833 bits per heavy atom. The summed E-state index contributed by atoms with van der Waals surface area (Å²) in [4.78, 5) is 0.